The van der Waals surface area contributed by atoms with Gasteiger partial charge in [0.15, 0.2) is 11.5 Å². The molecule has 4 rings (SSSR count). The van der Waals surface area contributed by atoms with E-state index in [0.717, 1.165) is 52.8 Å². The number of nitrogens with one attached hydrogen (secondary N) is 1. The molecule has 0 unspecified atom stereocenters. The van der Waals surface area contributed by atoms with Crippen LogP contribution in [0.3, 0.4) is 0 Å². The van der Waals surface area contributed by atoms with Gasteiger partial charge in [-0.25, -0.2) is 13.9 Å². The molecular formula is C20H22FN5. The van der Waals surface area contributed by atoms with Crippen LogP contribution in [-0.4, -0.2) is 33.5 Å². The first-order valence-electron chi connectivity index (χ1n) is 8.80. The molecule has 0 saturated heterocycles. The number of rotatable bonds is 2. The van der Waals surface area contributed by atoms with Crippen molar-refractivity contribution in [2.75, 3.05) is 13.1 Å². The largest absolute Gasteiger partial charge is 0.368 e. The Morgan fingerprint density at radius 2 is 1.88 bits per heavy atom. The number of halogens is 1. The molecule has 26 heavy (non-hydrogen) atoms. The SMILES string of the molecule is Cc1cc(-c2ccc(F)cc2)c(C2=NCCN2)c2nc(C(C)(C)C)nn12. The number of hydrogen-bond acceptors (Lipinski definition) is 4. The first kappa shape index (κ1) is 16.7. The Balaban J connectivity index is 2.04. The average molecular weight is 351 g/mol. The lowest BCUT2D eigenvalue weighted by Gasteiger charge is -2.13. The summed E-state index contributed by atoms with van der Waals surface area (Å²) in [4.78, 5) is 9.46. The zero-order valence-corrected chi connectivity index (χ0v) is 15.5. The van der Waals surface area contributed by atoms with Crippen molar-refractivity contribution < 1.29 is 4.39 Å². The molecule has 0 aliphatic carbocycles. The molecule has 0 bridgehead atoms. The summed E-state index contributed by atoms with van der Waals surface area (Å²) in [6, 6.07) is 8.61. The quantitative estimate of drug-likeness (QED) is 0.769. The van der Waals surface area contributed by atoms with Gasteiger partial charge in [0.1, 0.15) is 11.7 Å². The molecule has 0 saturated carbocycles. The molecule has 0 fully saturated rings. The van der Waals surface area contributed by atoms with E-state index in [1.807, 2.05) is 11.4 Å². The molecular weight excluding hydrogens is 329 g/mol. The van der Waals surface area contributed by atoms with Crippen LogP contribution >= 0.6 is 0 Å². The number of aromatic nitrogens is 3. The van der Waals surface area contributed by atoms with Gasteiger partial charge in [0.05, 0.1) is 12.1 Å². The molecule has 1 aromatic carbocycles. The van der Waals surface area contributed by atoms with Crippen molar-refractivity contribution in [3.63, 3.8) is 0 Å². The topological polar surface area (TPSA) is 54.6 Å². The van der Waals surface area contributed by atoms with Gasteiger partial charge in [-0.2, -0.15) is 5.10 Å². The highest BCUT2D eigenvalue weighted by atomic mass is 19.1. The van der Waals surface area contributed by atoms with Crippen LogP contribution in [0.25, 0.3) is 16.8 Å². The zero-order valence-electron chi connectivity index (χ0n) is 15.5. The van der Waals surface area contributed by atoms with Crippen molar-refractivity contribution in [3.05, 3.63) is 53.2 Å². The van der Waals surface area contributed by atoms with Gasteiger partial charge in [-0.05, 0) is 36.2 Å². The summed E-state index contributed by atoms with van der Waals surface area (Å²) < 4.78 is 15.3. The Kier molecular flexibility index (Phi) is 3.79. The van der Waals surface area contributed by atoms with Crippen LogP contribution in [-0.2, 0) is 5.41 Å². The summed E-state index contributed by atoms with van der Waals surface area (Å²) in [5.41, 5.74) is 4.44. The second-order valence-electron chi connectivity index (χ2n) is 7.66. The first-order chi connectivity index (χ1) is 12.3. The minimum absolute atomic E-state index is 0.156. The lowest BCUT2D eigenvalue weighted by molar-refractivity contribution is 0.544. The van der Waals surface area contributed by atoms with Gasteiger partial charge >= 0.3 is 0 Å². The zero-order chi connectivity index (χ0) is 18.5. The lowest BCUT2D eigenvalue weighted by atomic mass is 9.96. The number of benzene rings is 1. The van der Waals surface area contributed by atoms with Crippen LogP contribution in [0.5, 0.6) is 0 Å². The summed E-state index contributed by atoms with van der Waals surface area (Å²) in [6.07, 6.45) is 0. The normalized spacial score (nSPS) is 14.6. The van der Waals surface area contributed by atoms with Crippen molar-refractivity contribution in [1.29, 1.82) is 0 Å². The van der Waals surface area contributed by atoms with Crippen LogP contribution in [0.2, 0.25) is 0 Å². The molecule has 0 radical (unpaired) electrons. The number of amidine groups is 1. The fourth-order valence-corrected chi connectivity index (χ4v) is 3.16. The standard InChI is InChI=1S/C20H22FN5/c1-12-11-15(13-5-7-14(21)8-6-13)16(17-22-9-10-23-17)18-24-19(20(2,3)4)25-26(12)18/h5-8,11H,9-10H2,1-4H3,(H,22,23). The molecule has 0 amide bonds. The molecule has 6 heteroatoms. The molecule has 0 atom stereocenters. The third kappa shape index (κ3) is 2.75. The van der Waals surface area contributed by atoms with Crippen LogP contribution < -0.4 is 5.32 Å². The van der Waals surface area contributed by atoms with Crippen molar-refractivity contribution in [2.45, 2.75) is 33.1 Å². The van der Waals surface area contributed by atoms with Crippen molar-refractivity contribution in [2.24, 2.45) is 4.99 Å². The maximum absolute atomic E-state index is 13.4. The summed E-state index contributed by atoms with van der Waals surface area (Å²) in [6.45, 7) is 9.85. The van der Waals surface area contributed by atoms with Crippen molar-refractivity contribution in [1.82, 2.24) is 19.9 Å². The van der Waals surface area contributed by atoms with Gasteiger partial charge < -0.3 is 5.32 Å². The van der Waals surface area contributed by atoms with E-state index in [0.29, 0.717) is 0 Å². The fourth-order valence-electron chi connectivity index (χ4n) is 3.16. The minimum atomic E-state index is -0.248. The number of pyridine rings is 1. The van der Waals surface area contributed by atoms with E-state index in [1.165, 1.54) is 12.1 Å². The summed E-state index contributed by atoms with van der Waals surface area (Å²) in [5, 5.41) is 8.08. The average Bonchev–Trinajstić information content (AvgIpc) is 3.25. The van der Waals surface area contributed by atoms with Gasteiger partial charge in [0.2, 0.25) is 0 Å². The fraction of sp³-hybridized carbons (Fsp3) is 0.350. The molecule has 2 aromatic heterocycles. The van der Waals surface area contributed by atoms with Gasteiger partial charge in [0, 0.05) is 17.7 Å². The number of hydrogen-bond donors (Lipinski definition) is 1. The Labute approximate surface area is 152 Å². The van der Waals surface area contributed by atoms with E-state index in [2.05, 4.69) is 37.1 Å². The Morgan fingerprint density at radius 3 is 2.50 bits per heavy atom. The monoisotopic (exact) mass is 351 g/mol. The van der Waals surface area contributed by atoms with Gasteiger partial charge in [0.25, 0.3) is 0 Å². The number of aryl methyl sites for hydroxylation is 1. The van der Waals surface area contributed by atoms with Crippen molar-refractivity contribution in [3.8, 4) is 11.1 Å². The maximum Gasteiger partial charge on any atom is 0.167 e. The molecule has 134 valence electrons. The molecule has 3 aromatic rings. The van der Waals surface area contributed by atoms with E-state index in [-0.39, 0.29) is 11.2 Å². The van der Waals surface area contributed by atoms with E-state index < -0.39 is 0 Å². The summed E-state index contributed by atoms with van der Waals surface area (Å²) in [7, 11) is 0. The van der Waals surface area contributed by atoms with Crippen LogP contribution in [0.1, 0.15) is 37.9 Å². The highest BCUT2D eigenvalue weighted by Crippen LogP contribution is 2.30. The Morgan fingerprint density at radius 1 is 1.15 bits per heavy atom. The van der Waals surface area contributed by atoms with Crippen LogP contribution in [0, 0.1) is 12.7 Å². The highest BCUT2D eigenvalue weighted by molar-refractivity contribution is 6.10. The van der Waals surface area contributed by atoms with Gasteiger partial charge in [-0.3, -0.25) is 4.99 Å². The first-order valence-corrected chi connectivity index (χ1v) is 8.80. The Hall–Kier alpha value is -2.76. The third-order valence-electron chi connectivity index (χ3n) is 4.52. The smallest absolute Gasteiger partial charge is 0.167 e. The summed E-state index contributed by atoms with van der Waals surface area (Å²) >= 11 is 0. The van der Waals surface area contributed by atoms with E-state index in [9.17, 15) is 4.39 Å². The van der Waals surface area contributed by atoms with Crippen molar-refractivity contribution >= 4 is 11.5 Å². The highest BCUT2D eigenvalue weighted by Gasteiger charge is 2.25. The van der Waals surface area contributed by atoms with E-state index in [1.54, 1.807) is 12.1 Å². The Bertz CT molecular complexity index is 1010. The van der Waals surface area contributed by atoms with Crippen LogP contribution in [0.15, 0.2) is 35.3 Å². The summed E-state index contributed by atoms with van der Waals surface area (Å²) in [5.74, 6) is 1.36. The molecule has 1 N–H and O–H groups in total. The molecule has 3 heterocycles. The van der Waals surface area contributed by atoms with Gasteiger partial charge in [-0.1, -0.05) is 32.9 Å². The minimum Gasteiger partial charge on any atom is -0.368 e. The van der Waals surface area contributed by atoms with Gasteiger partial charge in [-0.15, -0.1) is 0 Å². The lowest BCUT2D eigenvalue weighted by Crippen LogP contribution is -2.21. The van der Waals surface area contributed by atoms with E-state index in [4.69, 9.17) is 10.1 Å². The molecule has 1 aliphatic rings. The molecule has 1 aliphatic heterocycles. The number of aliphatic imine (C=N–C) groups is 1. The maximum atomic E-state index is 13.4. The number of fused-ring (bicyclic) bond motifs is 1. The molecule has 5 nitrogen and oxygen atoms in total. The second kappa shape index (κ2) is 5.90. The predicted molar refractivity (Wildman–Crippen MR) is 101 cm³/mol. The molecule has 0 spiro atoms. The third-order valence-corrected chi connectivity index (χ3v) is 4.52. The number of nitrogens with zero attached hydrogens (tertiary/aromatic N) is 4. The second-order valence-corrected chi connectivity index (χ2v) is 7.66. The predicted octanol–water partition coefficient (Wildman–Crippen LogP) is 3.49. The van der Waals surface area contributed by atoms with Crippen LogP contribution in [0.4, 0.5) is 4.39 Å². The van der Waals surface area contributed by atoms with E-state index >= 15 is 0 Å².